The van der Waals surface area contributed by atoms with Gasteiger partial charge in [-0.25, -0.2) is 0 Å². The normalized spacial score (nSPS) is 13.7. The first-order chi connectivity index (χ1) is 17.8. The summed E-state index contributed by atoms with van der Waals surface area (Å²) in [5.41, 5.74) is 6.15. The van der Waals surface area contributed by atoms with Crippen LogP contribution in [0.5, 0.6) is 0 Å². The average Bonchev–Trinajstić information content (AvgIpc) is 3.35. The van der Waals surface area contributed by atoms with Crippen molar-refractivity contribution in [1.29, 1.82) is 0 Å². The van der Waals surface area contributed by atoms with Gasteiger partial charge in [0.05, 0.1) is 22.5 Å². The van der Waals surface area contributed by atoms with Crippen molar-refractivity contribution in [3.05, 3.63) is 101 Å². The number of carbonyl (C=O) groups excluding carboxylic acids is 1. The van der Waals surface area contributed by atoms with E-state index in [0.717, 1.165) is 52.3 Å². The molecule has 0 saturated carbocycles. The second-order valence-corrected chi connectivity index (χ2v) is 8.74. The van der Waals surface area contributed by atoms with E-state index in [2.05, 4.69) is 20.4 Å². The van der Waals surface area contributed by atoms with Gasteiger partial charge in [0.1, 0.15) is 6.61 Å². The molecule has 1 aliphatic heterocycles. The number of fused-ring (bicyclic) bond motifs is 1. The lowest BCUT2D eigenvalue weighted by Crippen LogP contribution is -2.31. The summed E-state index contributed by atoms with van der Waals surface area (Å²) in [6.07, 6.45) is -1.90. The fourth-order valence-corrected chi connectivity index (χ4v) is 4.18. The molecule has 0 radical (unpaired) electrons. The molecule has 4 aromatic rings. The molecule has 1 aliphatic rings. The van der Waals surface area contributed by atoms with E-state index in [0.29, 0.717) is 23.4 Å². The van der Waals surface area contributed by atoms with Gasteiger partial charge in [-0.05, 0) is 48.4 Å². The van der Waals surface area contributed by atoms with Crippen molar-refractivity contribution in [2.75, 3.05) is 6.54 Å². The fourth-order valence-electron chi connectivity index (χ4n) is 4.18. The molecule has 0 aliphatic carbocycles. The summed E-state index contributed by atoms with van der Waals surface area (Å²) >= 11 is 0. The molecule has 6 nitrogen and oxygen atoms in total. The number of hydrogen-bond donors (Lipinski definition) is 2. The van der Waals surface area contributed by atoms with Crippen LogP contribution in [-0.4, -0.2) is 28.1 Å². The molecule has 0 bridgehead atoms. The minimum absolute atomic E-state index is 0.0653. The number of carbonyl (C=O) groups is 1. The van der Waals surface area contributed by atoms with Gasteiger partial charge in [0.2, 0.25) is 0 Å². The largest absolute Gasteiger partial charge is 0.416 e. The Hall–Kier alpha value is -4.40. The van der Waals surface area contributed by atoms with E-state index in [1.54, 1.807) is 19.2 Å². The second-order valence-electron chi connectivity index (χ2n) is 8.74. The number of rotatable bonds is 6. The first kappa shape index (κ1) is 24.3. The SMILES string of the molecule is C/C(=N/OCc1cccc(C(F)(F)F)c1)c1ccc(-c2cc(-c3cc4c([nH]3)CCNC4=O)ccn2)cc1. The molecule has 37 heavy (non-hydrogen) atoms. The summed E-state index contributed by atoms with van der Waals surface area (Å²) in [6.45, 7) is 2.32. The Morgan fingerprint density at radius 2 is 1.86 bits per heavy atom. The molecule has 0 fully saturated rings. The molecule has 2 N–H and O–H groups in total. The van der Waals surface area contributed by atoms with Crippen molar-refractivity contribution in [3.63, 3.8) is 0 Å². The summed E-state index contributed by atoms with van der Waals surface area (Å²) in [7, 11) is 0. The van der Waals surface area contributed by atoms with Gasteiger partial charge < -0.3 is 15.1 Å². The van der Waals surface area contributed by atoms with Crippen molar-refractivity contribution in [1.82, 2.24) is 15.3 Å². The van der Waals surface area contributed by atoms with E-state index in [1.807, 2.05) is 42.5 Å². The average molecular weight is 505 g/mol. The monoisotopic (exact) mass is 504 g/mol. The molecule has 0 saturated heterocycles. The molecular formula is C28H23F3N4O2. The minimum atomic E-state index is -4.40. The third-order valence-corrected chi connectivity index (χ3v) is 6.16. The topological polar surface area (TPSA) is 79.4 Å². The Morgan fingerprint density at radius 3 is 2.62 bits per heavy atom. The maximum Gasteiger partial charge on any atom is 0.416 e. The van der Waals surface area contributed by atoms with Crippen LogP contribution in [0.1, 0.15) is 39.7 Å². The van der Waals surface area contributed by atoms with Gasteiger partial charge in [-0.3, -0.25) is 9.78 Å². The zero-order valence-electron chi connectivity index (χ0n) is 19.9. The molecule has 188 valence electrons. The van der Waals surface area contributed by atoms with Crippen LogP contribution in [0, 0.1) is 0 Å². The van der Waals surface area contributed by atoms with E-state index < -0.39 is 11.7 Å². The standard InChI is InChI=1S/C28H23F3N4O2/c1-17(35-37-16-18-3-2-4-22(13-18)28(29,30)31)19-5-7-20(8-6-19)25-14-21(9-11-32-25)26-15-23-24(34-26)10-12-33-27(23)36/h2-9,11,13-15,34H,10,12,16H2,1H3,(H,33,36)/b35-17-. The molecule has 5 rings (SSSR count). The smallest absolute Gasteiger partial charge is 0.391 e. The Balaban J connectivity index is 1.27. The number of H-pyrrole nitrogens is 1. The summed E-state index contributed by atoms with van der Waals surface area (Å²) in [6, 6.07) is 18.3. The van der Waals surface area contributed by atoms with E-state index >= 15 is 0 Å². The van der Waals surface area contributed by atoms with Gasteiger partial charge in [0.15, 0.2) is 0 Å². The first-order valence-electron chi connectivity index (χ1n) is 11.7. The molecular weight excluding hydrogens is 481 g/mol. The third kappa shape index (κ3) is 5.40. The lowest BCUT2D eigenvalue weighted by molar-refractivity contribution is -0.137. The van der Waals surface area contributed by atoms with Crippen LogP contribution < -0.4 is 5.32 Å². The van der Waals surface area contributed by atoms with Crippen LogP contribution in [-0.2, 0) is 24.0 Å². The summed E-state index contributed by atoms with van der Waals surface area (Å²) in [4.78, 5) is 25.2. The van der Waals surface area contributed by atoms with Gasteiger partial charge in [0.25, 0.3) is 5.91 Å². The van der Waals surface area contributed by atoms with Crippen LogP contribution in [0.4, 0.5) is 13.2 Å². The van der Waals surface area contributed by atoms with Crippen LogP contribution in [0.15, 0.2) is 78.1 Å². The van der Waals surface area contributed by atoms with Crippen molar-refractivity contribution in [2.24, 2.45) is 5.16 Å². The first-order valence-corrected chi connectivity index (χ1v) is 11.7. The highest BCUT2D eigenvalue weighted by atomic mass is 19.4. The van der Waals surface area contributed by atoms with Crippen LogP contribution in [0.2, 0.25) is 0 Å². The summed E-state index contributed by atoms with van der Waals surface area (Å²) in [5.74, 6) is -0.0653. The van der Waals surface area contributed by atoms with Crippen LogP contribution in [0.25, 0.3) is 22.5 Å². The number of aromatic amines is 1. The quantitative estimate of drug-likeness (QED) is 0.250. The van der Waals surface area contributed by atoms with E-state index in [-0.39, 0.29) is 12.5 Å². The number of benzene rings is 2. The van der Waals surface area contributed by atoms with Gasteiger partial charge in [-0.2, -0.15) is 13.2 Å². The number of pyridine rings is 1. The van der Waals surface area contributed by atoms with Gasteiger partial charge in [-0.1, -0.05) is 41.6 Å². The Morgan fingerprint density at radius 1 is 1.05 bits per heavy atom. The third-order valence-electron chi connectivity index (χ3n) is 6.16. The molecule has 0 atom stereocenters. The number of amides is 1. The number of hydrogen-bond acceptors (Lipinski definition) is 4. The number of aromatic nitrogens is 2. The fraction of sp³-hybridized carbons (Fsp3) is 0.179. The lowest BCUT2D eigenvalue weighted by Gasteiger charge is -2.11. The molecule has 1 amide bonds. The van der Waals surface area contributed by atoms with E-state index in [1.165, 1.54) is 6.07 Å². The van der Waals surface area contributed by atoms with Crippen molar-refractivity contribution >= 4 is 11.6 Å². The number of nitrogens with zero attached hydrogens (tertiary/aromatic N) is 2. The minimum Gasteiger partial charge on any atom is -0.391 e. The number of oxime groups is 1. The highest BCUT2D eigenvalue weighted by molar-refractivity contribution is 5.99. The lowest BCUT2D eigenvalue weighted by atomic mass is 10.0. The molecule has 3 heterocycles. The predicted octanol–water partition coefficient (Wildman–Crippen LogP) is 5.99. The maximum absolute atomic E-state index is 12.9. The second kappa shape index (κ2) is 9.93. The van der Waals surface area contributed by atoms with Gasteiger partial charge >= 0.3 is 6.18 Å². The Bertz CT molecular complexity index is 1470. The number of nitrogens with one attached hydrogen (secondary N) is 2. The highest BCUT2D eigenvalue weighted by Gasteiger charge is 2.30. The van der Waals surface area contributed by atoms with Crippen molar-refractivity contribution in [2.45, 2.75) is 26.1 Å². The van der Waals surface area contributed by atoms with Gasteiger partial charge in [-0.15, -0.1) is 0 Å². The van der Waals surface area contributed by atoms with Crippen molar-refractivity contribution < 1.29 is 22.8 Å². The molecule has 0 spiro atoms. The van der Waals surface area contributed by atoms with E-state index in [4.69, 9.17) is 4.84 Å². The Labute approximate surface area is 211 Å². The zero-order valence-corrected chi connectivity index (χ0v) is 19.9. The predicted molar refractivity (Wildman–Crippen MR) is 134 cm³/mol. The molecule has 0 unspecified atom stereocenters. The summed E-state index contributed by atoms with van der Waals surface area (Å²) in [5, 5.41) is 6.91. The molecule has 2 aromatic heterocycles. The summed E-state index contributed by atoms with van der Waals surface area (Å²) < 4.78 is 38.6. The van der Waals surface area contributed by atoms with Gasteiger partial charge in [0, 0.05) is 41.7 Å². The molecule has 2 aromatic carbocycles. The maximum atomic E-state index is 12.9. The number of halogens is 3. The van der Waals surface area contributed by atoms with E-state index in [9.17, 15) is 18.0 Å². The van der Waals surface area contributed by atoms with Crippen LogP contribution in [0.3, 0.4) is 0 Å². The van der Waals surface area contributed by atoms with Crippen molar-refractivity contribution in [3.8, 4) is 22.5 Å². The highest BCUT2D eigenvalue weighted by Crippen LogP contribution is 2.30. The molecule has 9 heteroatoms. The number of alkyl halides is 3. The Kier molecular flexibility index (Phi) is 6.52. The van der Waals surface area contributed by atoms with Crippen LogP contribution >= 0.6 is 0 Å². The zero-order chi connectivity index (χ0) is 26.0.